The Morgan fingerprint density at radius 2 is 2.16 bits per heavy atom. The summed E-state index contributed by atoms with van der Waals surface area (Å²) in [4.78, 5) is 11.4. The van der Waals surface area contributed by atoms with Crippen molar-refractivity contribution in [2.45, 2.75) is 44.1 Å². The van der Waals surface area contributed by atoms with Crippen LogP contribution in [0, 0.1) is 5.92 Å². The van der Waals surface area contributed by atoms with Crippen molar-refractivity contribution in [1.82, 2.24) is 4.72 Å². The minimum atomic E-state index is -3.78. The molecule has 7 nitrogen and oxygen atoms in total. The molecule has 1 heterocycles. The molecule has 1 aliphatic rings. The maximum atomic E-state index is 12.4. The predicted molar refractivity (Wildman–Crippen MR) is 95.5 cm³/mol. The number of ether oxygens (including phenoxy) is 1. The molecule has 0 amide bonds. The number of aromatic carboxylic acids is 1. The summed E-state index contributed by atoms with van der Waals surface area (Å²) in [6.07, 6.45) is 2.52. The molecule has 0 spiro atoms. The fraction of sp³-hybridized carbons (Fsp3) is 0.588. The molecule has 140 valence electrons. The first-order valence-corrected chi connectivity index (χ1v) is 10.0. The zero-order valence-electron chi connectivity index (χ0n) is 14.6. The molecule has 0 bridgehead atoms. The average molecular weight is 370 g/mol. The van der Waals surface area contributed by atoms with Crippen LogP contribution in [0.5, 0.6) is 0 Å². The van der Waals surface area contributed by atoms with Crippen LogP contribution in [0.4, 0.5) is 5.69 Å². The molecule has 1 fully saturated rings. The summed E-state index contributed by atoms with van der Waals surface area (Å²) in [7, 11) is -3.78. The average Bonchev–Trinajstić information content (AvgIpc) is 3.06. The van der Waals surface area contributed by atoms with Crippen molar-refractivity contribution in [1.29, 1.82) is 0 Å². The van der Waals surface area contributed by atoms with E-state index in [4.69, 9.17) is 4.74 Å². The predicted octanol–water partition coefficient (Wildman–Crippen LogP) is 2.30. The number of carboxylic acid groups (broad SMARTS) is 1. The first kappa shape index (κ1) is 19.7. The third-order valence-corrected chi connectivity index (χ3v) is 5.52. The van der Waals surface area contributed by atoms with Gasteiger partial charge in [0.15, 0.2) is 0 Å². The van der Waals surface area contributed by atoms with Crippen molar-refractivity contribution >= 4 is 21.7 Å². The lowest BCUT2D eigenvalue weighted by Gasteiger charge is -2.14. The number of benzene rings is 1. The van der Waals surface area contributed by atoms with E-state index in [1.165, 1.54) is 18.2 Å². The highest BCUT2D eigenvalue weighted by Gasteiger charge is 2.22. The van der Waals surface area contributed by atoms with Crippen molar-refractivity contribution in [2.24, 2.45) is 5.92 Å². The summed E-state index contributed by atoms with van der Waals surface area (Å²) in [5, 5.41) is 12.5. The zero-order chi connectivity index (χ0) is 18.4. The molecule has 0 aromatic heterocycles. The molecule has 0 aliphatic carbocycles. The van der Waals surface area contributed by atoms with Gasteiger partial charge in [0.05, 0.1) is 16.6 Å². The van der Waals surface area contributed by atoms with Crippen LogP contribution in [0.3, 0.4) is 0 Å². The number of carbonyl (C=O) groups is 1. The van der Waals surface area contributed by atoms with Gasteiger partial charge in [-0.3, -0.25) is 0 Å². The molecule has 1 saturated heterocycles. The van der Waals surface area contributed by atoms with Crippen LogP contribution in [0.25, 0.3) is 0 Å². The molecule has 1 atom stereocenters. The highest BCUT2D eigenvalue weighted by atomic mass is 32.2. The van der Waals surface area contributed by atoms with E-state index < -0.39 is 16.0 Å². The summed E-state index contributed by atoms with van der Waals surface area (Å²) >= 11 is 0. The molecule has 25 heavy (non-hydrogen) atoms. The highest BCUT2D eigenvalue weighted by Crippen LogP contribution is 2.21. The monoisotopic (exact) mass is 370 g/mol. The van der Waals surface area contributed by atoms with Crippen molar-refractivity contribution in [2.75, 3.05) is 25.0 Å². The number of rotatable bonds is 9. The lowest BCUT2D eigenvalue weighted by molar-refractivity contribution is 0.0697. The Labute approximate surface area is 148 Å². The van der Waals surface area contributed by atoms with E-state index in [9.17, 15) is 18.3 Å². The number of carboxylic acids is 1. The Morgan fingerprint density at radius 1 is 1.40 bits per heavy atom. The highest BCUT2D eigenvalue weighted by molar-refractivity contribution is 7.89. The smallest absolute Gasteiger partial charge is 0.337 e. The second kappa shape index (κ2) is 8.64. The maximum Gasteiger partial charge on any atom is 0.337 e. The molecule has 0 saturated carbocycles. The molecule has 8 heteroatoms. The van der Waals surface area contributed by atoms with Gasteiger partial charge in [-0.1, -0.05) is 13.8 Å². The minimum absolute atomic E-state index is 0.0521. The van der Waals surface area contributed by atoms with Crippen LogP contribution in [0.15, 0.2) is 23.1 Å². The van der Waals surface area contributed by atoms with Gasteiger partial charge in [0.25, 0.3) is 0 Å². The van der Waals surface area contributed by atoms with Gasteiger partial charge >= 0.3 is 5.97 Å². The van der Waals surface area contributed by atoms with Crippen LogP contribution in [0.1, 0.15) is 43.5 Å². The van der Waals surface area contributed by atoms with Crippen molar-refractivity contribution in [3.05, 3.63) is 23.8 Å². The molecule has 1 aliphatic heterocycles. The largest absolute Gasteiger partial charge is 0.478 e. The Hall–Kier alpha value is -1.64. The summed E-state index contributed by atoms with van der Waals surface area (Å²) in [6.45, 7) is 5.62. The van der Waals surface area contributed by atoms with E-state index in [0.29, 0.717) is 24.8 Å². The van der Waals surface area contributed by atoms with Crippen LogP contribution in [-0.2, 0) is 14.8 Å². The standard InChI is InChI=1S/C17H26N2O5S/c1-12(2)7-8-18-16-6-5-14(10-15(16)17(20)21)25(22,23)19-11-13-4-3-9-24-13/h5-6,10,12-13,18-19H,3-4,7-9,11H2,1-2H3,(H,20,21). The van der Waals surface area contributed by atoms with Crippen LogP contribution >= 0.6 is 0 Å². The molecule has 1 aromatic rings. The Morgan fingerprint density at radius 3 is 2.76 bits per heavy atom. The first-order valence-electron chi connectivity index (χ1n) is 8.52. The normalized spacial score (nSPS) is 17.8. The topological polar surface area (TPSA) is 105 Å². The number of anilines is 1. The molecule has 0 radical (unpaired) electrons. The van der Waals surface area contributed by atoms with Crippen LogP contribution in [-0.4, -0.2) is 45.3 Å². The van der Waals surface area contributed by atoms with Crippen LogP contribution < -0.4 is 10.0 Å². The molecule has 2 rings (SSSR count). The molecular formula is C17H26N2O5S. The molecular weight excluding hydrogens is 344 g/mol. The lowest BCUT2D eigenvalue weighted by atomic mass is 10.1. The summed E-state index contributed by atoms with van der Waals surface area (Å²) in [5.74, 6) is -0.675. The van der Waals surface area contributed by atoms with E-state index in [1.807, 2.05) is 0 Å². The van der Waals surface area contributed by atoms with E-state index >= 15 is 0 Å². The summed E-state index contributed by atoms with van der Waals surface area (Å²) < 4.78 is 32.7. The van der Waals surface area contributed by atoms with Gasteiger partial charge in [0.2, 0.25) is 10.0 Å². The molecule has 1 unspecified atom stereocenters. The summed E-state index contributed by atoms with van der Waals surface area (Å²) in [5.41, 5.74) is 0.370. The lowest BCUT2D eigenvalue weighted by Crippen LogP contribution is -2.32. The second-order valence-electron chi connectivity index (χ2n) is 6.61. The van der Waals surface area contributed by atoms with Crippen LogP contribution in [0.2, 0.25) is 0 Å². The summed E-state index contributed by atoms with van der Waals surface area (Å²) in [6, 6.07) is 4.12. The van der Waals surface area contributed by atoms with Crippen molar-refractivity contribution < 1.29 is 23.1 Å². The Kier molecular flexibility index (Phi) is 6.80. The van der Waals surface area contributed by atoms with Gasteiger partial charge in [-0.15, -0.1) is 0 Å². The quantitative estimate of drug-likeness (QED) is 0.616. The minimum Gasteiger partial charge on any atom is -0.478 e. The SMILES string of the molecule is CC(C)CCNc1ccc(S(=O)(=O)NCC2CCCO2)cc1C(=O)O. The van der Waals surface area contributed by atoms with Crippen molar-refractivity contribution in [3.63, 3.8) is 0 Å². The van der Waals surface area contributed by atoms with E-state index in [0.717, 1.165) is 19.3 Å². The Balaban J connectivity index is 2.11. The third kappa shape index (κ3) is 5.69. The van der Waals surface area contributed by atoms with Gasteiger partial charge in [-0.2, -0.15) is 0 Å². The van der Waals surface area contributed by atoms with E-state index in [2.05, 4.69) is 23.9 Å². The first-order chi connectivity index (χ1) is 11.8. The second-order valence-corrected chi connectivity index (χ2v) is 8.38. The maximum absolute atomic E-state index is 12.4. The Bertz CT molecular complexity index is 697. The molecule has 1 aromatic carbocycles. The van der Waals surface area contributed by atoms with Gasteiger partial charge in [-0.05, 0) is 43.4 Å². The fourth-order valence-electron chi connectivity index (χ4n) is 2.61. The zero-order valence-corrected chi connectivity index (χ0v) is 15.4. The number of nitrogens with one attached hydrogen (secondary N) is 2. The van der Waals surface area contributed by atoms with Gasteiger partial charge in [-0.25, -0.2) is 17.9 Å². The van der Waals surface area contributed by atoms with E-state index in [-0.39, 0.29) is 23.1 Å². The fourth-order valence-corrected chi connectivity index (χ4v) is 3.70. The third-order valence-electron chi connectivity index (χ3n) is 4.09. The van der Waals surface area contributed by atoms with E-state index in [1.54, 1.807) is 0 Å². The molecule has 3 N–H and O–H groups in total. The number of hydrogen-bond acceptors (Lipinski definition) is 5. The van der Waals surface area contributed by atoms with Gasteiger partial charge < -0.3 is 15.2 Å². The van der Waals surface area contributed by atoms with Gasteiger partial charge in [0.1, 0.15) is 0 Å². The number of sulfonamides is 1. The van der Waals surface area contributed by atoms with Gasteiger partial charge in [0, 0.05) is 25.4 Å². The number of hydrogen-bond donors (Lipinski definition) is 3. The van der Waals surface area contributed by atoms with Crippen molar-refractivity contribution in [3.8, 4) is 0 Å².